The highest BCUT2D eigenvalue weighted by molar-refractivity contribution is 7.89. The number of nitrogens with one attached hydrogen (secondary N) is 4. The van der Waals surface area contributed by atoms with E-state index in [2.05, 4.69) is 21.3 Å². The first-order chi connectivity index (χ1) is 18.6. The number of carbonyl (C=O) groups excluding carboxylic acids is 4. The molecule has 2 aromatic rings. The zero-order valence-corrected chi connectivity index (χ0v) is 21.7. The van der Waals surface area contributed by atoms with Crippen LogP contribution in [0.2, 0.25) is 0 Å². The molecular weight excluding hydrogens is 557 g/mol. The number of nitrogens with two attached hydrogens (primary N) is 2. The van der Waals surface area contributed by atoms with Crippen molar-refractivity contribution < 1.29 is 40.8 Å². The molecule has 1 saturated carbocycles. The Morgan fingerprint density at radius 1 is 0.900 bits per heavy atom. The molecule has 16 heteroatoms. The third-order valence-corrected chi connectivity index (χ3v) is 7.06. The summed E-state index contributed by atoms with van der Waals surface area (Å²) in [7, 11) is -3.92. The fourth-order valence-electron chi connectivity index (χ4n) is 4.19. The SMILES string of the molecule is NC(=O)Nc1ccc(C(F)(F)F)cc1C(=O)NCC(=O)NC1CCCCC1NC(=O)c1ccc(S(N)(=O)=O)cc1. The van der Waals surface area contributed by atoms with E-state index in [1.807, 2.05) is 0 Å². The number of anilines is 1. The lowest BCUT2D eigenvalue weighted by atomic mass is 9.90. The maximum atomic E-state index is 13.1. The fraction of sp³-hybridized carbons (Fsp3) is 0.333. The molecule has 8 N–H and O–H groups in total. The molecule has 0 aromatic heterocycles. The average Bonchev–Trinajstić information content (AvgIpc) is 2.87. The van der Waals surface area contributed by atoms with Gasteiger partial charge in [0.2, 0.25) is 15.9 Å². The predicted molar refractivity (Wildman–Crippen MR) is 136 cm³/mol. The van der Waals surface area contributed by atoms with Crippen LogP contribution in [0, 0.1) is 0 Å². The van der Waals surface area contributed by atoms with Crippen LogP contribution in [0.1, 0.15) is 52.0 Å². The second-order valence-corrected chi connectivity index (χ2v) is 10.6. The highest BCUT2D eigenvalue weighted by Crippen LogP contribution is 2.32. The third-order valence-electron chi connectivity index (χ3n) is 6.13. The van der Waals surface area contributed by atoms with Gasteiger partial charge < -0.3 is 27.0 Å². The van der Waals surface area contributed by atoms with Crippen molar-refractivity contribution in [3.8, 4) is 0 Å². The number of sulfonamides is 1. The van der Waals surface area contributed by atoms with Crippen LogP contribution >= 0.6 is 0 Å². The van der Waals surface area contributed by atoms with Crippen molar-refractivity contribution in [3.05, 3.63) is 59.2 Å². The number of amides is 5. The summed E-state index contributed by atoms with van der Waals surface area (Å²) >= 11 is 0. The van der Waals surface area contributed by atoms with Crippen molar-refractivity contribution in [2.24, 2.45) is 10.9 Å². The predicted octanol–water partition coefficient (Wildman–Crippen LogP) is 1.43. The highest BCUT2D eigenvalue weighted by Gasteiger charge is 2.32. The normalized spacial score (nSPS) is 17.4. The molecule has 1 aliphatic carbocycles. The molecule has 2 unspecified atom stereocenters. The van der Waals surface area contributed by atoms with E-state index in [9.17, 15) is 40.8 Å². The van der Waals surface area contributed by atoms with Gasteiger partial charge in [-0.15, -0.1) is 0 Å². The van der Waals surface area contributed by atoms with Gasteiger partial charge in [0.25, 0.3) is 11.8 Å². The molecule has 5 amide bonds. The molecule has 0 saturated heterocycles. The average molecular weight is 585 g/mol. The summed E-state index contributed by atoms with van der Waals surface area (Å²) in [5, 5.41) is 14.9. The Labute approximate surface area is 227 Å². The van der Waals surface area contributed by atoms with Gasteiger partial charge in [-0.1, -0.05) is 12.8 Å². The lowest BCUT2D eigenvalue weighted by molar-refractivity contribution is -0.137. The number of primary amides is 1. The molecule has 0 heterocycles. The highest BCUT2D eigenvalue weighted by atomic mass is 32.2. The number of rotatable bonds is 8. The number of alkyl halides is 3. The van der Waals surface area contributed by atoms with E-state index < -0.39 is 69.7 Å². The Balaban J connectivity index is 1.63. The van der Waals surface area contributed by atoms with Crippen LogP contribution in [-0.4, -0.2) is 50.8 Å². The van der Waals surface area contributed by atoms with Crippen LogP contribution in [0.4, 0.5) is 23.7 Å². The van der Waals surface area contributed by atoms with Crippen molar-refractivity contribution in [1.29, 1.82) is 0 Å². The minimum Gasteiger partial charge on any atom is -0.351 e. The summed E-state index contributed by atoms with van der Waals surface area (Å²) in [5.41, 5.74) is 3.24. The fourth-order valence-corrected chi connectivity index (χ4v) is 4.70. The van der Waals surface area contributed by atoms with Crippen molar-refractivity contribution in [2.45, 2.75) is 48.8 Å². The van der Waals surface area contributed by atoms with E-state index in [4.69, 9.17) is 10.9 Å². The molecule has 40 heavy (non-hydrogen) atoms. The first kappa shape index (κ1) is 30.4. The molecular formula is C24H27F3N6O6S. The standard InChI is InChI=1S/C24H27F3N6O6S/c25-24(26,27)14-7-10-17(33-23(28)37)16(11-14)22(36)30-12-20(34)31-18-3-1-2-4-19(18)32-21(35)13-5-8-15(9-6-13)40(29,38)39/h5-11,18-19H,1-4,12H2,(H,30,36)(H,31,34)(H,32,35)(H3,28,33,37)(H2,29,38,39). The molecule has 0 aliphatic heterocycles. The molecule has 12 nitrogen and oxygen atoms in total. The third kappa shape index (κ3) is 8.16. The van der Waals surface area contributed by atoms with Gasteiger partial charge in [-0.25, -0.2) is 18.4 Å². The van der Waals surface area contributed by atoms with Gasteiger partial charge in [0.1, 0.15) is 0 Å². The quantitative estimate of drug-likeness (QED) is 0.271. The Kier molecular flexibility index (Phi) is 9.36. The largest absolute Gasteiger partial charge is 0.416 e. The van der Waals surface area contributed by atoms with Crippen LogP contribution in [0.15, 0.2) is 47.4 Å². The van der Waals surface area contributed by atoms with E-state index >= 15 is 0 Å². The molecule has 1 aliphatic rings. The number of hydrogen-bond acceptors (Lipinski definition) is 6. The maximum absolute atomic E-state index is 13.1. The number of halogens is 3. The first-order valence-corrected chi connectivity index (χ1v) is 13.5. The molecule has 1 fully saturated rings. The Bertz CT molecular complexity index is 1400. The van der Waals surface area contributed by atoms with Crippen molar-refractivity contribution in [3.63, 3.8) is 0 Å². The van der Waals surface area contributed by atoms with E-state index in [0.29, 0.717) is 25.0 Å². The van der Waals surface area contributed by atoms with Crippen molar-refractivity contribution >= 4 is 39.5 Å². The van der Waals surface area contributed by atoms with Gasteiger partial charge in [-0.3, -0.25) is 14.4 Å². The van der Waals surface area contributed by atoms with Gasteiger partial charge in [0.05, 0.1) is 28.3 Å². The van der Waals surface area contributed by atoms with Crippen LogP contribution in [-0.2, 0) is 21.0 Å². The topological polar surface area (TPSA) is 203 Å². The molecule has 0 bridgehead atoms. The molecule has 3 rings (SSSR count). The van der Waals surface area contributed by atoms with Gasteiger partial charge in [-0.2, -0.15) is 13.2 Å². The summed E-state index contributed by atoms with van der Waals surface area (Å²) in [5.74, 6) is -2.21. The van der Waals surface area contributed by atoms with Crippen molar-refractivity contribution in [1.82, 2.24) is 16.0 Å². The second kappa shape index (κ2) is 12.3. The monoisotopic (exact) mass is 584 g/mol. The van der Waals surface area contributed by atoms with Crippen LogP contribution in [0.3, 0.4) is 0 Å². The molecule has 0 radical (unpaired) electrons. The Hall–Kier alpha value is -4.18. The summed E-state index contributed by atoms with van der Waals surface area (Å²) in [6.45, 7) is -0.600. The number of benzene rings is 2. The summed E-state index contributed by atoms with van der Waals surface area (Å²) < 4.78 is 62.2. The van der Waals surface area contributed by atoms with Crippen LogP contribution in [0.25, 0.3) is 0 Å². The zero-order valence-electron chi connectivity index (χ0n) is 20.9. The lowest BCUT2D eigenvalue weighted by Crippen LogP contribution is -2.54. The molecule has 216 valence electrons. The zero-order chi connectivity index (χ0) is 29.7. The van der Waals surface area contributed by atoms with Crippen molar-refractivity contribution in [2.75, 3.05) is 11.9 Å². The second-order valence-electron chi connectivity index (χ2n) is 9.04. The van der Waals surface area contributed by atoms with Gasteiger partial charge >= 0.3 is 12.2 Å². The lowest BCUT2D eigenvalue weighted by Gasteiger charge is -2.33. The molecule has 0 spiro atoms. The number of primary sulfonamides is 1. The first-order valence-electron chi connectivity index (χ1n) is 11.9. The Morgan fingerprint density at radius 3 is 2.05 bits per heavy atom. The van der Waals surface area contributed by atoms with Crippen LogP contribution < -0.4 is 32.1 Å². The summed E-state index contributed by atoms with van der Waals surface area (Å²) in [4.78, 5) is 49.0. The van der Waals surface area contributed by atoms with E-state index in [1.165, 1.54) is 24.3 Å². The van der Waals surface area contributed by atoms with E-state index in [-0.39, 0.29) is 16.1 Å². The summed E-state index contributed by atoms with van der Waals surface area (Å²) in [6.07, 6.45) is -2.20. The van der Waals surface area contributed by atoms with E-state index in [0.717, 1.165) is 18.9 Å². The minimum absolute atomic E-state index is 0.156. The maximum Gasteiger partial charge on any atom is 0.416 e. The molecule has 2 aromatic carbocycles. The van der Waals surface area contributed by atoms with Gasteiger partial charge in [-0.05, 0) is 55.3 Å². The van der Waals surface area contributed by atoms with Gasteiger partial charge in [0.15, 0.2) is 0 Å². The smallest absolute Gasteiger partial charge is 0.351 e. The number of carbonyl (C=O) groups is 4. The van der Waals surface area contributed by atoms with Gasteiger partial charge in [0, 0.05) is 17.6 Å². The Morgan fingerprint density at radius 2 is 1.50 bits per heavy atom. The molecule has 2 atom stereocenters. The number of hydrogen-bond donors (Lipinski definition) is 6. The summed E-state index contributed by atoms with van der Waals surface area (Å²) in [6, 6.07) is 4.98. The minimum atomic E-state index is -4.76. The van der Waals surface area contributed by atoms with Crippen LogP contribution in [0.5, 0.6) is 0 Å². The number of urea groups is 1. The van der Waals surface area contributed by atoms with E-state index in [1.54, 1.807) is 0 Å².